The number of Topliss-reactive ketones (excluding diaryl/α,β-unsaturated/α-hetero) is 1. The number of ketones is 1. The van der Waals surface area contributed by atoms with Crippen LogP contribution in [0.4, 0.5) is 10.1 Å². The molecular formula is C22H22FN3O4. The summed E-state index contributed by atoms with van der Waals surface area (Å²) in [5.74, 6) is -0.900. The van der Waals surface area contributed by atoms with Gasteiger partial charge in [-0.05, 0) is 74.2 Å². The van der Waals surface area contributed by atoms with Gasteiger partial charge in [0, 0.05) is 17.5 Å². The molecule has 0 radical (unpaired) electrons. The van der Waals surface area contributed by atoms with Crippen molar-refractivity contribution in [2.75, 3.05) is 13.1 Å². The quantitative estimate of drug-likeness (QED) is 0.534. The molecule has 0 amide bonds. The first-order chi connectivity index (χ1) is 14.4. The molecule has 2 N–H and O–H groups in total. The first-order valence-electron chi connectivity index (χ1n) is 9.72. The SMILES string of the molecule is N#Cc1cc(CCC2(C(=O)C(O)c3ccc([N+](=O)[O-])cc3)CCNCC2)ccc1F. The van der Waals surface area contributed by atoms with E-state index in [1.54, 1.807) is 6.07 Å². The largest absolute Gasteiger partial charge is 0.381 e. The number of hydrogen-bond acceptors (Lipinski definition) is 6. The van der Waals surface area contributed by atoms with E-state index in [0.717, 1.165) is 5.56 Å². The predicted octanol–water partition coefficient (Wildman–Crippen LogP) is 3.21. The second-order valence-electron chi connectivity index (χ2n) is 7.57. The van der Waals surface area contributed by atoms with Crippen LogP contribution < -0.4 is 5.32 Å². The lowest BCUT2D eigenvalue weighted by Gasteiger charge is -2.38. The number of aryl methyl sites for hydroxylation is 1. The van der Waals surface area contributed by atoms with Crippen molar-refractivity contribution in [1.29, 1.82) is 5.26 Å². The van der Waals surface area contributed by atoms with E-state index >= 15 is 0 Å². The van der Waals surface area contributed by atoms with Gasteiger partial charge in [-0.1, -0.05) is 6.07 Å². The van der Waals surface area contributed by atoms with E-state index < -0.39 is 22.3 Å². The molecule has 0 saturated carbocycles. The summed E-state index contributed by atoms with van der Waals surface area (Å²) in [6.07, 6.45) is 0.623. The lowest BCUT2D eigenvalue weighted by molar-refractivity contribution is -0.384. The summed E-state index contributed by atoms with van der Waals surface area (Å²) in [4.78, 5) is 23.6. The van der Waals surface area contributed by atoms with Gasteiger partial charge in [-0.2, -0.15) is 5.26 Å². The molecule has 1 aliphatic heterocycles. The lowest BCUT2D eigenvalue weighted by Crippen LogP contribution is -2.44. The Morgan fingerprint density at radius 2 is 1.93 bits per heavy atom. The molecule has 30 heavy (non-hydrogen) atoms. The number of carbonyl (C=O) groups is 1. The first kappa shape index (κ1) is 21.6. The van der Waals surface area contributed by atoms with Crippen molar-refractivity contribution in [1.82, 2.24) is 5.32 Å². The smallest absolute Gasteiger partial charge is 0.269 e. The van der Waals surface area contributed by atoms with Crippen LogP contribution in [0.3, 0.4) is 0 Å². The molecule has 7 nitrogen and oxygen atoms in total. The van der Waals surface area contributed by atoms with Crippen LogP contribution >= 0.6 is 0 Å². The minimum absolute atomic E-state index is 0.0379. The van der Waals surface area contributed by atoms with Crippen molar-refractivity contribution in [3.05, 3.63) is 75.1 Å². The number of nitrogens with zero attached hydrogens (tertiary/aromatic N) is 2. The zero-order valence-electron chi connectivity index (χ0n) is 16.3. The van der Waals surface area contributed by atoms with Crippen LogP contribution in [0.2, 0.25) is 0 Å². The standard InChI is InChI=1S/C22H22FN3O4/c23-19-6-1-15(13-17(19)14-24)7-8-22(9-11-25-12-10-22)21(28)20(27)16-2-4-18(5-3-16)26(29)30/h1-6,13,20,25,27H,7-12H2. The van der Waals surface area contributed by atoms with Gasteiger partial charge in [0.05, 0.1) is 10.5 Å². The maximum atomic E-state index is 13.6. The van der Waals surface area contributed by atoms with Crippen LogP contribution in [0.25, 0.3) is 0 Å². The molecule has 3 rings (SSSR count). The van der Waals surface area contributed by atoms with E-state index in [2.05, 4.69) is 5.32 Å². The molecule has 1 heterocycles. The molecule has 2 aromatic rings. The molecule has 156 valence electrons. The highest BCUT2D eigenvalue weighted by atomic mass is 19.1. The number of aliphatic hydroxyl groups is 1. The number of nitro groups is 1. The van der Waals surface area contributed by atoms with E-state index in [0.29, 0.717) is 44.3 Å². The van der Waals surface area contributed by atoms with E-state index in [4.69, 9.17) is 5.26 Å². The van der Waals surface area contributed by atoms with E-state index in [1.165, 1.54) is 36.4 Å². The van der Waals surface area contributed by atoms with Gasteiger partial charge in [-0.15, -0.1) is 0 Å². The van der Waals surface area contributed by atoms with Crippen LogP contribution in [-0.2, 0) is 11.2 Å². The highest BCUT2D eigenvalue weighted by Gasteiger charge is 2.42. The Bertz CT molecular complexity index is 979. The topological polar surface area (TPSA) is 116 Å². The highest BCUT2D eigenvalue weighted by Crippen LogP contribution is 2.39. The number of non-ortho nitro benzene ring substituents is 1. The highest BCUT2D eigenvalue weighted by molar-refractivity contribution is 5.90. The predicted molar refractivity (Wildman–Crippen MR) is 107 cm³/mol. The van der Waals surface area contributed by atoms with Crippen molar-refractivity contribution in [3.8, 4) is 6.07 Å². The number of benzene rings is 2. The van der Waals surface area contributed by atoms with Gasteiger partial charge in [-0.25, -0.2) is 4.39 Å². The molecule has 1 atom stereocenters. The third kappa shape index (κ3) is 4.53. The fourth-order valence-electron chi connectivity index (χ4n) is 3.94. The number of nitrogens with one attached hydrogen (secondary N) is 1. The lowest BCUT2D eigenvalue weighted by atomic mass is 9.69. The van der Waals surface area contributed by atoms with Crippen LogP contribution in [0.1, 0.15) is 42.1 Å². The van der Waals surface area contributed by atoms with Gasteiger partial charge in [-0.3, -0.25) is 14.9 Å². The van der Waals surface area contributed by atoms with Crippen molar-refractivity contribution in [2.45, 2.75) is 31.8 Å². The molecule has 2 aromatic carbocycles. The van der Waals surface area contributed by atoms with E-state index in [-0.39, 0.29) is 17.0 Å². The Labute approximate surface area is 173 Å². The number of piperidine rings is 1. The number of rotatable bonds is 7. The van der Waals surface area contributed by atoms with Crippen molar-refractivity contribution in [3.63, 3.8) is 0 Å². The second-order valence-corrected chi connectivity index (χ2v) is 7.57. The van der Waals surface area contributed by atoms with Crippen molar-refractivity contribution >= 4 is 11.5 Å². The molecule has 0 bridgehead atoms. The average Bonchev–Trinajstić information content (AvgIpc) is 2.78. The second kappa shape index (κ2) is 9.11. The minimum Gasteiger partial charge on any atom is -0.381 e. The molecule has 1 saturated heterocycles. The molecule has 0 aromatic heterocycles. The summed E-state index contributed by atoms with van der Waals surface area (Å²) in [6, 6.07) is 11.5. The van der Waals surface area contributed by atoms with Gasteiger partial charge in [0.2, 0.25) is 0 Å². The molecule has 0 spiro atoms. The Morgan fingerprint density at radius 3 is 2.53 bits per heavy atom. The number of halogens is 1. The van der Waals surface area contributed by atoms with Gasteiger partial charge < -0.3 is 10.4 Å². The molecule has 8 heteroatoms. The molecular weight excluding hydrogens is 389 g/mol. The number of nitro benzene ring substituents is 1. The monoisotopic (exact) mass is 411 g/mol. The molecule has 1 aliphatic rings. The third-order valence-corrected chi connectivity index (χ3v) is 5.79. The maximum absolute atomic E-state index is 13.6. The summed E-state index contributed by atoms with van der Waals surface area (Å²) in [5, 5.41) is 33.8. The fraction of sp³-hybridized carbons (Fsp3) is 0.364. The number of aliphatic hydroxyl groups excluding tert-OH is 1. The van der Waals surface area contributed by atoms with Crippen molar-refractivity contribution in [2.24, 2.45) is 5.41 Å². The third-order valence-electron chi connectivity index (χ3n) is 5.79. The average molecular weight is 411 g/mol. The molecule has 1 fully saturated rings. The van der Waals surface area contributed by atoms with E-state index in [9.17, 15) is 24.4 Å². The summed E-state index contributed by atoms with van der Waals surface area (Å²) in [5.41, 5.74) is 0.150. The van der Waals surface area contributed by atoms with Crippen LogP contribution in [0.5, 0.6) is 0 Å². The van der Waals surface area contributed by atoms with Crippen LogP contribution in [0, 0.1) is 32.7 Å². The normalized spacial score (nSPS) is 16.4. The summed E-state index contributed by atoms with van der Waals surface area (Å²) >= 11 is 0. The Kier molecular flexibility index (Phi) is 6.55. The molecule has 1 unspecified atom stereocenters. The minimum atomic E-state index is -1.38. The van der Waals surface area contributed by atoms with Gasteiger partial charge >= 0.3 is 0 Å². The summed E-state index contributed by atoms with van der Waals surface area (Å²) in [7, 11) is 0. The zero-order chi connectivity index (χ0) is 21.7. The summed E-state index contributed by atoms with van der Waals surface area (Å²) < 4.78 is 13.6. The number of hydrogen-bond donors (Lipinski definition) is 2. The Hall–Kier alpha value is -3.15. The zero-order valence-corrected chi connectivity index (χ0v) is 16.3. The Morgan fingerprint density at radius 1 is 1.27 bits per heavy atom. The Balaban J connectivity index is 1.80. The van der Waals surface area contributed by atoms with Crippen LogP contribution in [-0.4, -0.2) is 28.9 Å². The van der Waals surface area contributed by atoms with Gasteiger partial charge in [0.1, 0.15) is 18.0 Å². The first-order valence-corrected chi connectivity index (χ1v) is 9.72. The molecule has 0 aliphatic carbocycles. The number of nitriles is 1. The van der Waals surface area contributed by atoms with E-state index in [1.807, 2.05) is 6.07 Å². The summed E-state index contributed by atoms with van der Waals surface area (Å²) in [6.45, 7) is 1.26. The number of carbonyl (C=O) groups excluding carboxylic acids is 1. The maximum Gasteiger partial charge on any atom is 0.269 e. The van der Waals surface area contributed by atoms with Crippen molar-refractivity contribution < 1.29 is 19.2 Å². The fourth-order valence-corrected chi connectivity index (χ4v) is 3.94. The van der Waals surface area contributed by atoms with Gasteiger partial charge in [0.25, 0.3) is 5.69 Å². The van der Waals surface area contributed by atoms with Crippen LogP contribution in [0.15, 0.2) is 42.5 Å². The van der Waals surface area contributed by atoms with Gasteiger partial charge in [0.15, 0.2) is 5.78 Å².